The quantitative estimate of drug-likeness (QED) is 0.819. The Kier molecular flexibility index (Phi) is 4.97. The van der Waals surface area contributed by atoms with Gasteiger partial charge in [-0.15, -0.1) is 0 Å². The average molecular weight is 218 g/mol. The summed E-state index contributed by atoms with van der Waals surface area (Å²) in [6, 6.07) is 9.69. The molecule has 0 aliphatic rings. The highest BCUT2D eigenvalue weighted by Crippen LogP contribution is 2.07. The van der Waals surface area contributed by atoms with Crippen LogP contribution in [0.25, 0.3) is 0 Å². The first-order valence-corrected chi connectivity index (χ1v) is 5.51. The van der Waals surface area contributed by atoms with Crippen LogP contribution in [-0.2, 0) is 6.54 Å². The monoisotopic (exact) mass is 218 g/mol. The van der Waals surface area contributed by atoms with Crippen LogP contribution in [0.4, 0.5) is 0 Å². The van der Waals surface area contributed by atoms with Crippen molar-refractivity contribution in [3.63, 3.8) is 0 Å². The number of hydrogen-bond donors (Lipinski definition) is 1. The van der Waals surface area contributed by atoms with Gasteiger partial charge in [0.2, 0.25) is 0 Å². The summed E-state index contributed by atoms with van der Waals surface area (Å²) in [6.07, 6.45) is 0.493. The third kappa shape index (κ3) is 4.01. The third-order valence-electron chi connectivity index (χ3n) is 2.50. The highest BCUT2D eigenvalue weighted by atomic mass is 16.3. The molecule has 0 fully saturated rings. The molecule has 0 amide bonds. The van der Waals surface area contributed by atoms with E-state index in [1.54, 1.807) is 6.07 Å². The van der Waals surface area contributed by atoms with Gasteiger partial charge in [0.25, 0.3) is 0 Å². The van der Waals surface area contributed by atoms with Crippen molar-refractivity contribution in [2.24, 2.45) is 0 Å². The lowest BCUT2D eigenvalue weighted by Crippen LogP contribution is -2.28. The molecule has 1 N–H and O–H groups in total. The van der Waals surface area contributed by atoms with Crippen LogP contribution in [0.15, 0.2) is 24.3 Å². The van der Waals surface area contributed by atoms with Crippen molar-refractivity contribution in [1.29, 1.82) is 5.26 Å². The van der Waals surface area contributed by atoms with Crippen molar-refractivity contribution in [3.05, 3.63) is 35.4 Å². The molecule has 1 rings (SSSR count). The van der Waals surface area contributed by atoms with Crippen LogP contribution in [0.2, 0.25) is 0 Å². The smallest absolute Gasteiger partial charge is 0.0991 e. The molecule has 3 heteroatoms. The van der Waals surface area contributed by atoms with E-state index in [1.807, 2.05) is 32.2 Å². The lowest BCUT2D eigenvalue weighted by atomic mass is 10.1. The Hall–Kier alpha value is -1.37. The van der Waals surface area contributed by atoms with Crippen LogP contribution in [0.3, 0.4) is 0 Å². The number of aliphatic hydroxyl groups is 1. The van der Waals surface area contributed by atoms with E-state index in [0.717, 1.165) is 18.5 Å². The van der Waals surface area contributed by atoms with Gasteiger partial charge in [-0.25, -0.2) is 0 Å². The minimum atomic E-state index is -0.274. The van der Waals surface area contributed by atoms with Gasteiger partial charge in [0, 0.05) is 13.1 Å². The normalized spacial score (nSPS) is 12.4. The zero-order valence-corrected chi connectivity index (χ0v) is 9.85. The van der Waals surface area contributed by atoms with Crippen LogP contribution in [-0.4, -0.2) is 29.7 Å². The molecule has 0 bridgehead atoms. The van der Waals surface area contributed by atoms with Gasteiger partial charge in [-0.1, -0.05) is 19.1 Å². The van der Waals surface area contributed by atoms with Crippen LogP contribution in [0.1, 0.15) is 24.5 Å². The molecule has 1 aromatic carbocycles. The minimum Gasteiger partial charge on any atom is -0.392 e. The Labute approximate surface area is 96.9 Å². The number of nitriles is 1. The van der Waals surface area contributed by atoms with Gasteiger partial charge in [0.1, 0.15) is 0 Å². The molecule has 1 aromatic rings. The fourth-order valence-corrected chi connectivity index (χ4v) is 1.60. The topological polar surface area (TPSA) is 47.3 Å². The first-order chi connectivity index (χ1) is 7.65. The maximum Gasteiger partial charge on any atom is 0.0991 e. The van der Waals surface area contributed by atoms with Crippen molar-refractivity contribution >= 4 is 0 Å². The number of aliphatic hydroxyl groups excluding tert-OH is 1. The maximum absolute atomic E-state index is 9.51. The van der Waals surface area contributed by atoms with E-state index in [9.17, 15) is 5.11 Å². The highest BCUT2D eigenvalue weighted by molar-refractivity contribution is 5.32. The van der Waals surface area contributed by atoms with Gasteiger partial charge in [0.05, 0.1) is 17.7 Å². The lowest BCUT2D eigenvalue weighted by molar-refractivity contribution is 0.119. The molecular formula is C13H18N2O. The van der Waals surface area contributed by atoms with E-state index in [0.29, 0.717) is 12.1 Å². The second kappa shape index (κ2) is 6.26. The third-order valence-corrected chi connectivity index (χ3v) is 2.50. The summed E-state index contributed by atoms with van der Waals surface area (Å²) in [5, 5.41) is 18.3. The van der Waals surface area contributed by atoms with E-state index in [-0.39, 0.29) is 6.10 Å². The molecule has 3 nitrogen and oxygen atoms in total. The molecule has 0 saturated heterocycles. The summed E-state index contributed by atoms with van der Waals surface area (Å²) >= 11 is 0. The predicted octanol–water partition coefficient (Wildman–Crippen LogP) is 1.76. The number of nitrogens with zero attached hydrogens (tertiary/aromatic N) is 2. The molecule has 1 atom stereocenters. The van der Waals surface area contributed by atoms with Gasteiger partial charge in [-0.2, -0.15) is 5.26 Å². The molecule has 0 aliphatic heterocycles. The largest absolute Gasteiger partial charge is 0.392 e. The summed E-state index contributed by atoms with van der Waals surface area (Å²) in [4.78, 5) is 2.06. The van der Waals surface area contributed by atoms with Gasteiger partial charge in [0.15, 0.2) is 0 Å². The molecule has 0 spiro atoms. The Morgan fingerprint density at radius 2 is 2.25 bits per heavy atom. The molecule has 0 saturated carbocycles. The second-order valence-electron chi connectivity index (χ2n) is 4.07. The van der Waals surface area contributed by atoms with Crippen LogP contribution in [0.5, 0.6) is 0 Å². The van der Waals surface area contributed by atoms with Crippen molar-refractivity contribution < 1.29 is 5.11 Å². The van der Waals surface area contributed by atoms with E-state index in [4.69, 9.17) is 5.26 Å². The second-order valence-corrected chi connectivity index (χ2v) is 4.07. The summed E-state index contributed by atoms with van der Waals surface area (Å²) in [7, 11) is 1.97. The van der Waals surface area contributed by atoms with Crippen molar-refractivity contribution in [2.45, 2.75) is 26.0 Å². The molecule has 86 valence electrons. The van der Waals surface area contributed by atoms with E-state index in [2.05, 4.69) is 11.0 Å². The Morgan fingerprint density at radius 3 is 2.88 bits per heavy atom. The summed E-state index contributed by atoms with van der Waals surface area (Å²) in [5.74, 6) is 0. The van der Waals surface area contributed by atoms with E-state index in [1.165, 1.54) is 0 Å². The van der Waals surface area contributed by atoms with E-state index >= 15 is 0 Å². The van der Waals surface area contributed by atoms with Crippen LogP contribution < -0.4 is 0 Å². The van der Waals surface area contributed by atoms with Crippen molar-refractivity contribution in [1.82, 2.24) is 4.90 Å². The molecule has 1 unspecified atom stereocenters. The van der Waals surface area contributed by atoms with Crippen molar-refractivity contribution in [3.8, 4) is 6.07 Å². The molecule has 0 aliphatic carbocycles. The molecule has 16 heavy (non-hydrogen) atoms. The SMILES string of the molecule is CCC(O)CN(C)Cc1cccc(C#N)c1. The predicted molar refractivity (Wildman–Crippen MR) is 63.8 cm³/mol. The van der Waals surface area contributed by atoms with Gasteiger partial charge in [-0.3, -0.25) is 4.90 Å². The first kappa shape index (κ1) is 12.7. The number of hydrogen-bond acceptors (Lipinski definition) is 3. The Morgan fingerprint density at radius 1 is 1.50 bits per heavy atom. The molecular weight excluding hydrogens is 200 g/mol. The number of rotatable bonds is 5. The lowest BCUT2D eigenvalue weighted by Gasteiger charge is -2.19. The van der Waals surface area contributed by atoms with Gasteiger partial charge in [-0.05, 0) is 31.2 Å². The number of benzene rings is 1. The first-order valence-electron chi connectivity index (χ1n) is 5.51. The van der Waals surface area contributed by atoms with Crippen LogP contribution >= 0.6 is 0 Å². The number of likely N-dealkylation sites (N-methyl/N-ethyl adjacent to an activating group) is 1. The van der Waals surface area contributed by atoms with Gasteiger partial charge < -0.3 is 5.11 Å². The average Bonchev–Trinajstić information content (AvgIpc) is 2.28. The summed E-state index contributed by atoms with van der Waals surface area (Å²) in [6.45, 7) is 3.38. The minimum absolute atomic E-state index is 0.274. The molecule has 0 heterocycles. The molecule has 0 radical (unpaired) electrons. The van der Waals surface area contributed by atoms with Crippen molar-refractivity contribution in [2.75, 3.05) is 13.6 Å². The van der Waals surface area contributed by atoms with Gasteiger partial charge >= 0.3 is 0 Å². The Balaban J connectivity index is 2.56. The molecule has 0 aromatic heterocycles. The summed E-state index contributed by atoms with van der Waals surface area (Å²) < 4.78 is 0. The fourth-order valence-electron chi connectivity index (χ4n) is 1.60. The van der Waals surface area contributed by atoms with Crippen LogP contribution in [0, 0.1) is 11.3 Å². The zero-order valence-electron chi connectivity index (χ0n) is 9.85. The highest BCUT2D eigenvalue weighted by Gasteiger charge is 2.06. The van der Waals surface area contributed by atoms with E-state index < -0.39 is 0 Å². The maximum atomic E-state index is 9.51. The summed E-state index contributed by atoms with van der Waals surface area (Å²) in [5.41, 5.74) is 1.78. The fraction of sp³-hybridized carbons (Fsp3) is 0.462. The zero-order chi connectivity index (χ0) is 12.0. The Bertz CT molecular complexity index is 370. The standard InChI is InChI=1S/C13H18N2O/c1-3-13(16)10-15(2)9-12-6-4-5-11(7-12)8-14/h4-7,13,16H,3,9-10H2,1-2H3.